The third-order valence-electron chi connectivity index (χ3n) is 4.97. The van der Waals surface area contributed by atoms with E-state index in [0.717, 1.165) is 17.1 Å². The van der Waals surface area contributed by atoms with Crippen LogP contribution in [-0.2, 0) is 4.74 Å². The SMILES string of the molecule is C[C@@H](OC[C@@H](O)C[NH+](C)C1CC[NH+](C)CC1)c1ccc(Cl)cc1. The molecule has 1 aromatic rings. The predicted octanol–water partition coefficient (Wildman–Crippen LogP) is -0.0297. The summed E-state index contributed by atoms with van der Waals surface area (Å²) in [4.78, 5) is 3.04. The number of hydrogen-bond donors (Lipinski definition) is 3. The monoisotopic (exact) mass is 342 g/mol. The molecule has 0 aliphatic carbocycles. The van der Waals surface area contributed by atoms with E-state index in [2.05, 4.69) is 14.1 Å². The average Bonchev–Trinajstić information content (AvgIpc) is 2.54. The Hall–Kier alpha value is -0.650. The lowest BCUT2D eigenvalue weighted by atomic mass is 10.0. The molecule has 1 unspecified atom stereocenters. The van der Waals surface area contributed by atoms with E-state index in [0.29, 0.717) is 12.6 Å². The van der Waals surface area contributed by atoms with Crippen molar-refractivity contribution in [3.05, 3.63) is 34.9 Å². The Kier molecular flexibility index (Phi) is 7.31. The summed E-state index contributed by atoms with van der Waals surface area (Å²) < 4.78 is 5.82. The second-order valence-electron chi connectivity index (χ2n) is 6.96. The van der Waals surface area contributed by atoms with Crippen molar-refractivity contribution in [1.29, 1.82) is 0 Å². The zero-order valence-electron chi connectivity index (χ0n) is 14.5. The molecule has 3 N–H and O–H groups in total. The summed E-state index contributed by atoms with van der Waals surface area (Å²) in [5.74, 6) is 0. The summed E-state index contributed by atoms with van der Waals surface area (Å²) in [6.45, 7) is 5.60. The first-order chi connectivity index (χ1) is 11.0. The normalized spacial score (nSPS) is 25.8. The van der Waals surface area contributed by atoms with Crippen molar-refractivity contribution in [1.82, 2.24) is 0 Å². The van der Waals surface area contributed by atoms with Crippen LogP contribution >= 0.6 is 11.6 Å². The number of aliphatic hydroxyl groups excluding tert-OH is 1. The van der Waals surface area contributed by atoms with Gasteiger partial charge in [-0.15, -0.1) is 0 Å². The summed E-state index contributed by atoms with van der Waals surface area (Å²) in [6, 6.07) is 8.34. The molecule has 1 aliphatic rings. The van der Waals surface area contributed by atoms with E-state index in [1.807, 2.05) is 31.2 Å². The largest absolute Gasteiger partial charge is 0.385 e. The standard InChI is InChI=1S/C18H29ClN2O2/c1-14(15-4-6-16(19)7-5-15)23-13-18(22)12-21(3)17-8-10-20(2)11-9-17/h4-7,14,17-18,22H,8-13H2,1-3H3/p+2/t14-,18+/m1/s1. The summed E-state index contributed by atoms with van der Waals surface area (Å²) >= 11 is 5.90. The molecule has 1 saturated heterocycles. The van der Waals surface area contributed by atoms with Crippen LogP contribution < -0.4 is 9.80 Å². The molecular weight excluding hydrogens is 312 g/mol. The Bertz CT molecular complexity index is 461. The molecule has 1 aromatic carbocycles. The molecular formula is C18H31ClN2O2+2. The molecule has 130 valence electrons. The van der Waals surface area contributed by atoms with Crippen molar-refractivity contribution in [3.8, 4) is 0 Å². The minimum absolute atomic E-state index is 0.0332. The third-order valence-corrected chi connectivity index (χ3v) is 5.22. The molecule has 0 saturated carbocycles. The van der Waals surface area contributed by atoms with Gasteiger partial charge < -0.3 is 19.6 Å². The van der Waals surface area contributed by atoms with E-state index in [9.17, 15) is 5.11 Å². The lowest BCUT2D eigenvalue weighted by Crippen LogP contribution is -3.18. The highest BCUT2D eigenvalue weighted by Gasteiger charge is 2.27. The lowest BCUT2D eigenvalue weighted by molar-refractivity contribution is -0.941. The molecule has 0 spiro atoms. The van der Waals surface area contributed by atoms with Gasteiger partial charge in [-0.1, -0.05) is 23.7 Å². The molecule has 1 heterocycles. The number of hydrogen-bond acceptors (Lipinski definition) is 2. The first-order valence-electron chi connectivity index (χ1n) is 8.64. The second kappa shape index (κ2) is 9.00. The van der Waals surface area contributed by atoms with E-state index < -0.39 is 6.10 Å². The van der Waals surface area contributed by atoms with Crippen molar-refractivity contribution in [2.75, 3.05) is 40.3 Å². The highest BCUT2D eigenvalue weighted by Crippen LogP contribution is 2.19. The maximum absolute atomic E-state index is 10.3. The lowest BCUT2D eigenvalue weighted by Gasteiger charge is -2.31. The van der Waals surface area contributed by atoms with Gasteiger partial charge in [-0.2, -0.15) is 0 Å². The van der Waals surface area contributed by atoms with Crippen molar-refractivity contribution in [2.24, 2.45) is 0 Å². The molecule has 1 fully saturated rings. The van der Waals surface area contributed by atoms with Crippen molar-refractivity contribution < 1.29 is 19.6 Å². The molecule has 0 aromatic heterocycles. The molecule has 4 nitrogen and oxygen atoms in total. The Labute approximate surface area is 145 Å². The van der Waals surface area contributed by atoms with Gasteiger partial charge >= 0.3 is 0 Å². The number of likely N-dealkylation sites (tertiary alicyclic amines) is 1. The maximum atomic E-state index is 10.3. The van der Waals surface area contributed by atoms with Crippen molar-refractivity contribution >= 4 is 11.6 Å². The predicted molar refractivity (Wildman–Crippen MR) is 93.2 cm³/mol. The van der Waals surface area contributed by atoms with Crippen molar-refractivity contribution in [2.45, 2.75) is 38.0 Å². The molecule has 0 radical (unpaired) electrons. The van der Waals surface area contributed by atoms with Gasteiger partial charge in [0, 0.05) is 17.9 Å². The minimum Gasteiger partial charge on any atom is -0.385 e. The third kappa shape index (κ3) is 6.05. The van der Waals surface area contributed by atoms with E-state index in [1.54, 1.807) is 4.90 Å². The smallest absolute Gasteiger partial charge is 0.126 e. The Morgan fingerprint density at radius 2 is 1.91 bits per heavy atom. The number of aliphatic hydroxyl groups is 1. The average molecular weight is 343 g/mol. The second-order valence-corrected chi connectivity index (χ2v) is 7.40. The molecule has 23 heavy (non-hydrogen) atoms. The number of piperidine rings is 1. The van der Waals surface area contributed by atoms with Gasteiger partial charge in [0.1, 0.15) is 12.6 Å². The summed E-state index contributed by atoms with van der Waals surface area (Å²) in [5.41, 5.74) is 1.08. The van der Waals surface area contributed by atoms with E-state index >= 15 is 0 Å². The van der Waals surface area contributed by atoms with Crippen LogP contribution in [0.3, 0.4) is 0 Å². The van der Waals surface area contributed by atoms with Crippen LogP contribution in [-0.4, -0.2) is 57.6 Å². The number of likely N-dealkylation sites (N-methyl/N-ethyl adjacent to an activating group) is 1. The van der Waals surface area contributed by atoms with E-state index in [-0.39, 0.29) is 6.10 Å². The molecule has 0 amide bonds. The number of benzene rings is 1. The van der Waals surface area contributed by atoms with Crippen LogP contribution in [0.4, 0.5) is 0 Å². The van der Waals surface area contributed by atoms with Crippen LogP contribution in [0.25, 0.3) is 0 Å². The molecule has 1 aliphatic heterocycles. The van der Waals surface area contributed by atoms with Crippen LogP contribution in [0.1, 0.15) is 31.4 Å². The number of nitrogens with one attached hydrogen (secondary N) is 2. The quantitative estimate of drug-likeness (QED) is 0.651. The zero-order valence-corrected chi connectivity index (χ0v) is 15.3. The van der Waals surface area contributed by atoms with Crippen LogP contribution in [0.15, 0.2) is 24.3 Å². The van der Waals surface area contributed by atoms with Crippen LogP contribution in [0.2, 0.25) is 5.02 Å². The topological polar surface area (TPSA) is 38.3 Å². The highest BCUT2D eigenvalue weighted by molar-refractivity contribution is 6.30. The first kappa shape index (κ1) is 18.7. The Morgan fingerprint density at radius 3 is 2.52 bits per heavy atom. The van der Waals surface area contributed by atoms with Crippen LogP contribution in [0, 0.1) is 0 Å². The fraction of sp³-hybridized carbons (Fsp3) is 0.667. The van der Waals surface area contributed by atoms with E-state index in [4.69, 9.17) is 16.3 Å². The van der Waals surface area contributed by atoms with Crippen molar-refractivity contribution in [3.63, 3.8) is 0 Å². The zero-order chi connectivity index (χ0) is 16.8. The first-order valence-corrected chi connectivity index (χ1v) is 9.02. The Balaban J connectivity index is 1.71. The van der Waals surface area contributed by atoms with Gasteiger partial charge in [-0.05, 0) is 24.6 Å². The summed E-state index contributed by atoms with van der Waals surface area (Å²) in [5, 5.41) is 11.0. The van der Waals surface area contributed by atoms with Gasteiger partial charge in [-0.25, -0.2) is 0 Å². The summed E-state index contributed by atoms with van der Waals surface area (Å²) in [7, 11) is 4.45. The van der Waals surface area contributed by atoms with Gasteiger partial charge in [0.2, 0.25) is 0 Å². The molecule has 3 atom stereocenters. The number of ether oxygens (including phenoxy) is 1. The van der Waals surface area contributed by atoms with Gasteiger partial charge in [0.15, 0.2) is 0 Å². The fourth-order valence-corrected chi connectivity index (χ4v) is 3.41. The van der Waals surface area contributed by atoms with Crippen LogP contribution in [0.5, 0.6) is 0 Å². The number of halogens is 1. The molecule has 0 bridgehead atoms. The minimum atomic E-state index is -0.420. The molecule has 5 heteroatoms. The van der Waals surface area contributed by atoms with Gasteiger partial charge in [-0.3, -0.25) is 0 Å². The number of quaternary nitrogens is 2. The summed E-state index contributed by atoms with van der Waals surface area (Å²) in [6.07, 6.45) is 2.03. The number of rotatable bonds is 7. The van der Waals surface area contributed by atoms with Gasteiger partial charge in [0.05, 0.1) is 45.9 Å². The van der Waals surface area contributed by atoms with E-state index in [1.165, 1.54) is 30.8 Å². The molecule has 2 rings (SSSR count). The van der Waals surface area contributed by atoms with Gasteiger partial charge in [0.25, 0.3) is 0 Å². The maximum Gasteiger partial charge on any atom is 0.126 e. The highest BCUT2D eigenvalue weighted by atomic mass is 35.5. The Morgan fingerprint density at radius 1 is 1.30 bits per heavy atom. The fourth-order valence-electron chi connectivity index (χ4n) is 3.29.